The number of nitrogens with one attached hydrogen (secondary N) is 1. The highest BCUT2D eigenvalue weighted by atomic mass is 16.4. The topological polar surface area (TPSA) is 79.3 Å². The van der Waals surface area contributed by atoms with Gasteiger partial charge in [0.2, 0.25) is 0 Å². The highest BCUT2D eigenvalue weighted by molar-refractivity contribution is 5.92. The number of pyridine rings is 1. The number of amides is 1. The van der Waals surface area contributed by atoms with Crippen molar-refractivity contribution in [2.24, 2.45) is 5.41 Å². The van der Waals surface area contributed by atoms with Crippen LogP contribution in [0, 0.1) is 5.41 Å². The van der Waals surface area contributed by atoms with Crippen molar-refractivity contribution in [1.29, 1.82) is 0 Å². The molecule has 0 radical (unpaired) electrons. The Balaban J connectivity index is 2.79. The van der Waals surface area contributed by atoms with Gasteiger partial charge in [-0.15, -0.1) is 0 Å². The lowest BCUT2D eigenvalue weighted by Crippen LogP contribution is -2.42. The number of hydrogen-bond acceptors (Lipinski definition) is 3. The fourth-order valence-corrected chi connectivity index (χ4v) is 2.19. The average molecular weight is 306 g/mol. The van der Waals surface area contributed by atoms with E-state index in [1.54, 1.807) is 12.3 Å². The molecule has 0 fully saturated rings. The third kappa shape index (κ3) is 4.06. The minimum Gasteiger partial charge on any atom is -0.481 e. The van der Waals surface area contributed by atoms with E-state index in [4.69, 9.17) is 0 Å². The summed E-state index contributed by atoms with van der Waals surface area (Å²) in [7, 11) is 0. The quantitative estimate of drug-likeness (QED) is 0.846. The molecule has 1 aromatic heterocycles. The van der Waals surface area contributed by atoms with Crippen LogP contribution in [0.1, 0.15) is 63.5 Å². The summed E-state index contributed by atoms with van der Waals surface area (Å²) in [5.74, 6) is -1.22. The second-order valence-corrected chi connectivity index (χ2v) is 6.66. The number of nitrogens with zero attached hydrogens (tertiary/aromatic N) is 1. The minimum absolute atomic E-state index is 0.0229. The van der Waals surface area contributed by atoms with Gasteiger partial charge in [-0.3, -0.25) is 14.6 Å². The molecule has 0 saturated heterocycles. The number of hydrogen-bond donors (Lipinski definition) is 2. The molecule has 1 rings (SSSR count). The van der Waals surface area contributed by atoms with Gasteiger partial charge in [-0.05, 0) is 29.9 Å². The number of aromatic nitrogens is 1. The lowest BCUT2D eigenvalue weighted by molar-refractivity contribution is -0.149. The van der Waals surface area contributed by atoms with E-state index < -0.39 is 11.4 Å². The maximum atomic E-state index is 12.1. The number of carboxylic acids is 1. The molecule has 0 aliphatic rings. The predicted molar refractivity (Wildman–Crippen MR) is 85.9 cm³/mol. The van der Waals surface area contributed by atoms with E-state index in [0.717, 1.165) is 5.56 Å². The van der Waals surface area contributed by atoms with Gasteiger partial charge in [-0.2, -0.15) is 0 Å². The molecule has 0 spiro atoms. The molecule has 122 valence electrons. The zero-order valence-corrected chi connectivity index (χ0v) is 14.1. The lowest BCUT2D eigenvalue weighted by atomic mass is 9.82. The van der Waals surface area contributed by atoms with Crippen molar-refractivity contribution in [3.05, 3.63) is 29.6 Å². The molecule has 1 amide bonds. The van der Waals surface area contributed by atoms with Crippen LogP contribution in [0.4, 0.5) is 0 Å². The maximum absolute atomic E-state index is 12.1. The van der Waals surface area contributed by atoms with Crippen molar-refractivity contribution in [3.8, 4) is 0 Å². The summed E-state index contributed by atoms with van der Waals surface area (Å²) in [5.41, 5.74) is 0.414. The molecule has 1 aromatic rings. The molecular formula is C17H26N2O3. The minimum atomic E-state index is -0.916. The summed E-state index contributed by atoms with van der Waals surface area (Å²) in [6.07, 6.45) is 2.63. The number of carbonyl (C=O) groups excluding carboxylic acids is 1. The van der Waals surface area contributed by atoms with Crippen LogP contribution in [0.3, 0.4) is 0 Å². The van der Waals surface area contributed by atoms with E-state index >= 15 is 0 Å². The molecule has 0 aliphatic carbocycles. The third-order valence-electron chi connectivity index (χ3n) is 4.26. The van der Waals surface area contributed by atoms with E-state index in [9.17, 15) is 14.7 Å². The molecule has 0 bridgehead atoms. The number of aliphatic carboxylic acids is 1. The second kappa shape index (κ2) is 6.90. The van der Waals surface area contributed by atoms with E-state index in [2.05, 4.69) is 31.1 Å². The molecule has 2 N–H and O–H groups in total. The maximum Gasteiger partial charge on any atom is 0.311 e. The summed E-state index contributed by atoms with van der Waals surface area (Å²) < 4.78 is 0. The summed E-state index contributed by atoms with van der Waals surface area (Å²) >= 11 is 0. The number of carbonyl (C=O) groups is 2. The van der Waals surface area contributed by atoms with Crippen LogP contribution < -0.4 is 5.32 Å². The van der Waals surface area contributed by atoms with Gasteiger partial charge < -0.3 is 10.4 Å². The van der Waals surface area contributed by atoms with Gasteiger partial charge >= 0.3 is 5.97 Å². The molecule has 5 nitrogen and oxygen atoms in total. The SMILES string of the molecule is CCC(CC)(CNC(=O)c1ccc(C(C)(C)C)cn1)C(=O)O. The van der Waals surface area contributed by atoms with Crippen LogP contribution in [-0.4, -0.2) is 28.5 Å². The van der Waals surface area contributed by atoms with Crippen molar-refractivity contribution in [2.45, 2.75) is 52.9 Å². The predicted octanol–water partition coefficient (Wildman–Crippen LogP) is 3.00. The standard InChI is InChI=1S/C17H26N2O3/c1-6-17(7-2,15(21)22)11-19-14(20)13-9-8-12(10-18-13)16(3,4)5/h8-10H,6-7,11H2,1-5H3,(H,19,20)(H,21,22). The number of rotatable bonds is 6. The Morgan fingerprint density at radius 1 is 1.18 bits per heavy atom. The Bertz CT molecular complexity index is 526. The first-order chi connectivity index (χ1) is 10.2. The summed E-state index contributed by atoms with van der Waals surface area (Å²) in [5, 5.41) is 12.1. The van der Waals surface area contributed by atoms with Gasteiger partial charge in [0.15, 0.2) is 0 Å². The zero-order chi connectivity index (χ0) is 17.0. The third-order valence-corrected chi connectivity index (χ3v) is 4.26. The van der Waals surface area contributed by atoms with Crippen molar-refractivity contribution < 1.29 is 14.7 Å². The van der Waals surface area contributed by atoms with Gasteiger partial charge in [0.1, 0.15) is 5.69 Å². The average Bonchev–Trinajstić information content (AvgIpc) is 2.47. The van der Waals surface area contributed by atoms with Crippen molar-refractivity contribution in [3.63, 3.8) is 0 Å². The Morgan fingerprint density at radius 3 is 2.14 bits per heavy atom. The summed E-state index contributed by atoms with van der Waals surface area (Å²) in [6.45, 7) is 9.98. The van der Waals surface area contributed by atoms with Gasteiger partial charge in [-0.25, -0.2) is 0 Å². The number of carboxylic acid groups (broad SMARTS) is 1. The monoisotopic (exact) mass is 306 g/mol. The van der Waals surface area contributed by atoms with Crippen LogP contribution in [-0.2, 0) is 10.2 Å². The second-order valence-electron chi connectivity index (χ2n) is 6.66. The fourth-order valence-electron chi connectivity index (χ4n) is 2.19. The first-order valence-electron chi connectivity index (χ1n) is 7.64. The highest BCUT2D eigenvalue weighted by Gasteiger charge is 2.35. The van der Waals surface area contributed by atoms with Crippen molar-refractivity contribution in [2.75, 3.05) is 6.54 Å². The summed E-state index contributed by atoms with van der Waals surface area (Å²) in [6, 6.07) is 3.56. The molecule has 5 heteroatoms. The Kier molecular flexibility index (Phi) is 5.69. The first kappa shape index (κ1) is 18.1. The zero-order valence-electron chi connectivity index (χ0n) is 14.1. The highest BCUT2D eigenvalue weighted by Crippen LogP contribution is 2.26. The van der Waals surface area contributed by atoms with Gasteiger partial charge in [0.25, 0.3) is 5.91 Å². The van der Waals surface area contributed by atoms with Gasteiger partial charge in [0, 0.05) is 12.7 Å². The smallest absolute Gasteiger partial charge is 0.311 e. The lowest BCUT2D eigenvalue weighted by Gasteiger charge is -2.26. The van der Waals surface area contributed by atoms with Crippen LogP contribution >= 0.6 is 0 Å². The van der Waals surface area contributed by atoms with E-state index in [1.807, 2.05) is 19.9 Å². The Hall–Kier alpha value is -1.91. The molecule has 22 heavy (non-hydrogen) atoms. The molecule has 1 heterocycles. The van der Waals surface area contributed by atoms with E-state index in [-0.39, 0.29) is 17.9 Å². The van der Waals surface area contributed by atoms with Crippen molar-refractivity contribution in [1.82, 2.24) is 10.3 Å². The van der Waals surface area contributed by atoms with Crippen LogP contribution in [0.25, 0.3) is 0 Å². The largest absolute Gasteiger partial charge is 0.481 e. The first-order valence-corrected chi connectivity index (χ1v) is 7.64. The summed E-state index contributed by atoms with van der Waals surface area (Å²) in [4.78, 5) is 27.7. The Morgan fingerprint density at radius 2 is 1.77 bits per heavy atom. The molecule has 0 unspecified atom stereocenters. The van der Waals surface area contributed by atoms with Crippen molar-refractivity contribution >= 4 is 11.9 Å². The van der Waals surface area contributed by atoms with Crippen LogP contribution in [0.2, 0.25) is 0 Å². The van der Waals surface area contributed by atoms with Crippen LogP contribution in [0.5, 0.6) is 0 Å². The Labute approximate surface area is 132 Å². The molecule has 0 atom stereocenters. The van der Waals surface area contributed by atoms with Gasteiger partial charge in [-0.1, -0.05) is 40.7 Å². The van der Waals surface area contributed by atoms with Crippen LogP contribution in [0.15, 0.2) is 18.3 Å². The van der Waals surface area contributed by atoms with Gasteiger partial charge in [0.05, 0.1) is 5.41 Å². The molecular weight excluding hydrogens is 280 g/mol. The van der Waals surface area contributed by atoms with E-state index in [1.165, 1.54) is 0 Å². The van der Waals surface area contributed by atoms with E-state index in [0.29, 0.717) is 18.5 Å². The molecule has 0 aromatic carbocycles. The molecule has 0 aliphatic heterocycles. The normalized spacial score (nSPS) is 12.0. The molecule has 0 saturated carbocycles. The fraction of sp³-hybridized carbons (Fsp3) is 0.588.